The highest BCUT2D eigenvalue weighted by atomic mass is 19.1. The molecule has 96 valence electrons. The van der Waals surface area contributed by atoms with Gasteiger partial charge >= 0.3 is 0 Å². The molecule has 4 heteroatoms. The molecular weight excluding hydrogens is 243 g/mol. The van der Waals surface area contributed by atoms with E-state index in [1.807, 2.05) is 26.1 Å². The number of phenols is 1. The van der Waals surface area contributed by atoms with Gasteiger partial charge in [0, 0.05) is 7.05 Å². The molecule has 19 heavy (non-hydrogen) atoms. The van der Waals surface area contributed by atoms with Crippen LogP contribution < -0.4 is 0 Å². The van der Waals surface area contributed by atoms with Gasteiger partial charge in [-0.05, 0) is 36.8 Å². The number of aromatic nitrogens is 2. The molecule has 0 unspecified atom stereocenters. The van der Waals surface area contributed by atoms with Crippen LogP contribution in [0.3, 0.4) is 0 Å². The van der Waals surface area contributed by atoms with Crippen LogP contribution in [0.1, 0.15) is 5.56 Å². The quantitative estimate of drug-likeness (QED) is 0.724. The number of imidazole rings is 1. The summed E-state index contributed by atoms with van der Waals surface area (Å²) in [5, 5.41) is 10.1. The minimum absolute atomic E-state index is 0.210. The Morgan fingerprint density at radius 3 is 2.79 bits per heavy atom. The third kappa shape index (κ3) is 1.76. The molecule has 3 rings (SSSR count). The fraction of sp³-hybridized carbons (Fsp3) is 0.133. The van der Waals surface area contributed by atoms with E-state index in [-0.39, 0.29) is 11.6 Å². The van der Waals surface area contributed by atoms with Crippen LogP contribution in [0.15, 0.2) is 36.4 Å². The lowest BCUT2D eigenvalue weighted by molar-refractivity contribution is 0.472. The first-order chi connectivity index (χ1) is 9.08. The number of rotatable bonds is 1. The van der Waals surface area contributed by atoms with Gasteiger partial charge in [0.15, 0.2) is 0 Å². The fourth-order valence-corrected chi connectivity index (χ4v) is 2.24. The Balaban J connectivity index is 2.31. The highest BCUT2D eigenvalue weighted by molar-refractivity contribution is 5.82. The number of aromatic hydroxyl groups is 1. The predicted molar refractivity (Wildman–Crippen MR) is 72.5 cm³/mol. The van der Waals surface area contributed by atoms with Gasteiger partial charge in [0.2, 0.25) is 0 Å². The molecule has 0 spiro atoms. The van der Waals surface area contributed by atoms with Gasteiger partial charge in [0.25, 0.3) is 0 Å². The Hall–Kier alpha value is -2.36. The maximum Gasteiger partial charge on any atom is 0.144 e. The van der Waals surface area contributed by atoms with Crippen LogP contribution in [-0.4, -0.2) is 14.7 Å². The van der Waals surface area contributed by atoms with Gasteiger partial charge in [0.1, 0.15) is 17.4 Å². The van der Waals surface area contributed by atoms with Crippen molar-refractivity contribution in [1.82, 2.24) is 9.55 Å². The third-order valence-corrected chi connectivity index (χ3v) is 3.32. The molecule has 1 aromatic heterocycles. The summed E-state index contributed by atoms with van der Waals surface area (Å²) in [6, 6.07) is 9.97. The molecule has 2 aromatic carbocycles. The zero-order valence-corrected chi connectivity index (χ0v) is 10.7. The van der Waals surface area contributed by atoms with Gasteiger partial charge in [-0.3, -0.25) is 0 Å². The van der Waals surface area contributed by atoms with Gasteiger partial charge in [-0.15, -0.1) is 0 Å². The van der Waals surface area contributed by atoms with Crippen molar-refractivity contribution in [3.05, 3.63) is 47.8 Å². The van der Waals surface area contributed by atoms with E-state index in [9.17, 15) is 9.50 Å². The van der Waals surface area contributed by atoms with E-state index in [0.29, 0.717) is 22.4 Å². The van der Waals surface area contributed by atoms with Crippen molar-refractivity contribution in [3.8, 4) is 17.1 Å². The van der Waals surface area contributed by atoms with Crippen LogP contribution in [0.25, 0.3) is 22.4 Å². The summed E-state index contributed by atoms with van der Waals surface area (Å²) in [6.45, 7) is 1.83. The molecule has 0 saturated carbocycles. The number of fused-ring (bicyclic) bond motifs is 1. The van der Waals surface area contributed by atoms with Crippen molar-refractivity contribution in [2.75, 3.05) is 0 Å². The summed E-state index contributed by atoms with van der Waals surface area (Å²) in [4.78, 5) is 4.46. The largest absolute Gasteiger partial charge is 0.507 e. The summed E-state index contributed by atoms with van der Waals surface area (Å²) < 4.78 is 15.1. The average Bonchev–Trinajstić information content (AvgIpc) is 2.70. The van der Waals surface area contributed by atoms with E-state index in [2.05, 4.69) is 4.98 Å². The number of halogens is 1. The molecule has 0 aliphatic heterocycles. The number of para-hydroxylation sites is 1. The summed E-state index contributed by atoms with van der Waals surface area (Å²) >= 11 is 0. The van der Waals surface area contributed by atoms with E-state index in [0.717, 1.165) is 5.56 Å². The number of benzene rings is 2. The van der Waals surface area contributed by atoms with E-state index in [1.54, 1.807) is 16.7 Å². The number of hydrogen-bond acceptors (Lipinski definition) is 2. The molecule has 1 N–H and O–H groups in total. The Labute approximate surface area is 109 Å². The van der Waals surface area contributed by atoms with Gasteiger partial charge in [0.05, 0.1) is 16.6 Å². The second-order valence-electron chi connectivity index (χ2n) is 4.60. The first-order valence-electron chi connectivity index (χ1n) is 5.99. The summed E-state index contributed by atoms with van der Waals surface area (Å²) in [5.74, 6) is 0.540. The van der Waals surface area contributed by atoms with Crippen molar-refractivity contribution < 1.29 is 9.50 Å². The molecule has 0 amide bonds. The molecule has 0 fully saturated rings. The summed E-state index contributed by atoms with van der Waals surface area (Å²) in [5.41, 5.74) is 2.85. The van der Waals surface area contributed by atoms with Gasteiger partial charge < -0.3 is 9.67 Å². The van der Waals surface area contributed by atoms with Gasteiger partial charge in [-0.1, -0.05) is 12.1 Å². The van der Waals surface area contributed by atoms with Crippen LogP contribution in [0.5, 0.6) is 5.75 Å². The Kier molecular flexibility index (Phi) is 2.52. The molecule has 1 heterocycles. The second-order valence-corrected chi connectivity index (χ2v) is 4.60. The van der Waals surface area contributed by atoms with Crippen molar-refractivity contribution in [2.24, 2.45) is 7.05 Å². The first-order valence-corrected chi connectivity index (χ1v) is 5.99. The lowest BCUT2D eigenvalue weighted by Crippen LogP contribution is -1.93. The number of nitrogens with zero attached hydrogens (tertiary/aromatic N) is 2. The van der Waals surface area contributed by atoms with E-state index in [4.69, 9.17) is 0 Å². The van der Waals surface area contributed by atoms with Crippen LogP contribution in [0, 0.1) is 12.7 Å². The zero-order chi connectivity index (χ0) is 13.6. The van der Waals surface area contributed by atoms with E-state index >= 15 is 0 Å². The Morgan fingerprint density at radius 2 is 2.00 bits per heavy atom. The molecule has 0 radical (unpaired) electrons. The lowest BCUT2D eigenvalue weighted by atomic mass is 10.1. The molecule has 3 aromatic rings. The minimum Gasteiger partial charge on any atom is -0.507 e. The van der Waals surface area contributed by atoms with Crippen LogP contribution in [0.2, 0.25) is 0 Å². The Morgan fingerprint density at radius 1 is 1.21 bits per heavy atom. The first kappa shape index (κ1) is 11.7. The molecule has 0 aliphatic rings. The topological polar surface area (TPSA) is 38.0 Å². The second kappa shape index (κ2) is 4.09. The Bertz CT molecular complexity index is 777. The fourth-order valence-electron chi connectivity index (χ4n) is 2.24. The monoisotopic (exact) mass is 256 g/mol. The average molecular weight is 256 g/mol. The zero-order valence-electron chi connectivity index (χ0n) is 10.7. The van der Waals surface area contributed by atoms with E-state index < -0.39 is 0 Å². The highest BCUT2D eigenvalue weighted by Crippen LogP contribution is 2.32. The molecule has 0 aliphatic carbocycles. The van der Waals surface area contributed by atoms with Crippen molar-refractivity contribution >= 4 is 11.0 Å². The van der Waals surface area contributed by atoms with Crippen molar-refractivity contribution in [3.63, 3.8) is 0 Å². The van der Waals surface area contributed by atoms with Crippen molar-refractivity contribution in [1.29, 1.82) is 0 Å². The normalized spacial score (nSPS) is 11.1. The van der Waals surface area contributed by atoms with Gasteiger partial charge in [-0.25, -0.2) is 9.37 Å². The number of phenolic OH excluding ortho intramolecular Hbond substituents is 1. The smallest absolute Gasteiger partial charge is 0.144 e. The minimum atomic E-state index is -0.296. The maximum atomic E-state index is 13.3. The van der Waals surface area contributed by atoms with Crippen LogP contribution in [0.4, 0.5) is 4.39 Å². The molecule has 0 saturated heterocycles. The van der Waals surface area contributed by atoms with Crippen LogP contribution in [-0.2, 0) is 7.05 Å². The SMILES string of the molecule is Cc1cccc(-c2nc3ccc(F)cc3n2C)c1O. The lowest BCUT2D eigenvalue weighted by Gasteiger charge is -2.07. The highest BCUT2D eigenvalue weighted by Gasteiger charge is 2.14. The number of hydrogen-bond donors (Lipinski definition) is 1. The maximum absolute atomic E-state index is 13.3. The predicted octanol–water partition coefficient (Wildman–Crippen LogP) is 3.39. The standard InChI is InChI=1S/C15H13FN2O/c1-9-4-3-5-11(14(9)19)15-17-12-7-6-10(16)8-13(12)18(15)2/h3-8,19H,1-2H3. The third-order valence-electron chi connectivity index (χ3n) is 3.32. The molecule has 0 atom stereocenters. The molecular formula is C15H13FN2O. The summed E-state index contributed by atoms with van der Waals surface area (Å²) in [6.07, 6.45) is 0. The number of aryl methyl sites for hydroxylation is 2. The molecule has 3 nitrogen and oxygen atoms in total. The molecule has 0 bridgehead atoms. The van der Waals surface area contributed by atoms with E-state index in [1.165, 1.54) is 12.1 Å². The van der Waals surface area contributed by atoms with Crippen LogP contribution >= 0.6 is 0 Å². The summed E-state index contributed by atoms with van der Waals surface area (Å²) in [7, 11) is 1.81. The van der Waals surface area contributed by atoms with Gasteiger partial charge in [-0.2, -0.15) is 0 Å². The van der Waals surface area contributed by atoms with Crippen molar-refractivity contribution in [2.45, 2.75) is 6.92 Å².